The molecule has 1 rings (SSSR count). The van der Waals surface area contributed by atoms with E-state index in [-0.39, 0.29) is 5.97 Å². The molecular formula is C13H20N2O2. The normalized spacial score (nSPS) is 13.9. The first-order chi connectivity index (χ1) is 8.01. The summed E-state index contributed by atoms with van der Waals surface area (Å²) in [6, 6.07) is 3.83. The zero-order valence-electron chi connectivity index (χ0n) is 10.9. The Morgan fingerprint density at radius 3 is 2.82 bits per heavy atom. The van der Waals surface area contributed by atoms with E-state index in [1.54, 1.807) is 6.20 Å². The fraction of sp³-hybridized carbons (Fsp3) is 0.538. The second-order valence-electron chi connectivity index (χ2n) is 4.42. The van der Waals surface area contributed by atoms with Crippen molar-refractivity contribution in [2.24, 2.45) is 0 Å². The van der Waals surface area contributed by atoms with Crippen LogP contribution in [0.3, 0.4) is 0 Å². The fourth-order valence-electron chi connectivity index (χ4n) is 1.83. The summed E-state index contributed by atoms with van der Waals surface area (Å²) in [5.74, 6) is 0.439. The lowest BCUT2D eigenvalue weighted by molar-refractivity contribution is -0.145. The van der Waals surface area contributed by atoms with Crippen LogP contribution in [0.25, 0.3) is 0 Å². The SMILES string of the molecule is CCCC(C)(Nc1cc(C)ccn1)C(=O)OC. The molecule has 1 unspecified atom stereocenters. The average Bonchev–Trinajstić information content (AvgIpc) is 2.28. The van der Waals surface area contributed by atoms with Gasteiger partial charge in [0.25, 0.3) is 0 Å². The summed E-state index contributed by atoms with van der Waals surface area (Å²) in [6.07, 6.45) is 3.32. The van der Waals surface area contributed by atoms with Crippen LogP contribution in [0.4, 0.5) is 5.82 Å². The second-order valence-corrected chi connectivity index (χ2v) is 4.42. The van der Waals surface area contributed by atoms with Gasteiger partial charge in [-0.3, -0.25) is 0 Å². The minimum atomic E-state index is -0.718. The Morgan fingerprint density at radius 1 is 1.59 bits per heavy atom. The van der Waals surface area contributed by atoms with Gasteiger partial charge in [-0.25, -0.2) is 9.78 Å². The number of pyridine rings is 1. The maximum absolute atomic E-state index is 11.8. The lowest BCUT2D eigenvalue weighted by atomic mass is 9.96. The van der Waals surface area contributed by atoms with E-state index in [1.165, 1.54) is 7.11 Å². The van der Waals surface area contributed by atoms with Crippen molar-refractivity contribution in [1.29, 1.82) is 0 Å². The van der Waals surface area contributed by atoms with Crippen LogP contribution >= 0.6 is 0 Å². The number of nitrogens with one attached hydrogen (secondary N) is 1. The molecule has 1 heterocycles. The minimum absolute atomic E-state index is 0.261. The number of rotatable bonds is 5. The number of methoxy groups -OCH3 is 1. The monoisotopic (exact) mass is 236 g/mol. The highest BCUT2D eigenvalue weighted by Crippen LogP contribution is 2.20. The fourth-order valence-corrected chi connectivity index (χ4v) is 1.83. The first-order valence-corrected chi connectivity index (χ1v) is 5.81. The molecule has 0 aromatic carbocycles. The molecule has 1 atom stereocenters. The molecule has 0 amide bonds. The molecule has 0 bridgehead atoms. The molecule has 94 valence electrons. The molecule has 0 fully saturated rings. The summed E-state index contributed by atoms with van der Waals surface area (Å²) in [7, 11) is 1.40. The summed E-state index contributed by atoms with van der Waals surface area (Å²) in [5.41, 5.74) is 0.385. The zero-order chi connectivity index (χ0) is 12.9. The molecule has 17 heavy (non-hydrogen) atoms. The van der Waals surface area contributed by atoms with Crippen molar-refractivity contribution in [2.75, 3.05) is 12.4 Å². The van der Waals surface area contributed by atoms with E-state index in [9.17, 15) is 4.79 Å². The van der Waals surface area contributed by atoms with Gasteiger partial charge in [0.1, 0.15) is 11.4 Å². The molecule has 1 N–H and O–H groups in total. The minimum Gasteiger partial charge on any atom is -0.467 e. The lowest BCUT2D eigenvalue weighted by Crippen LogP contribution is -2.44. The molecule has 0 aliphatic carbocycles. The van der Waals surface area contributed by atoms with Crippen molar-refractivity contribution < 1.29 is 9.53 Å². The van der Waals surface area contributed by atoms with E-state index >= 15 is 0 Å². The number of aryl methyl sites for hydroxylation is 1. The Kier molecular flexibility index (Phi) is 4.49. The Balaban J connectivity index is 2.90. The summed E-state index contributed by atoms with van der Waals surface area (Å²) >= 11 is 0. The molecule has 0 aliphatic rings. The molecule has 0 radical (unpaired) electrons. The van der Waals surface area contributed by atoms with E-state index in [0.717, 1.165) is 12.0 Å². The third-order valence-corrected chi connectivity index (χ3v) is 2.71. The highest BCUT2D eigenvalue weighted by Gasteiger charge is 2.33. The third-order valence-electron chi connectivity index (χ3n) is 2.71. The standard InChI is InChI=1S/C13H20N2O2/c1-5-7-13(3,12(16)17-4)15-11-9-10(2)6-8-14-11/h6,8-9H,5,7H2,1-4H3,(H,14,15). The first kappa shape index (κ1) is 13.5. The molecule has 0 aliphatic heterocycles. The summed E-state index contributed by atoms with van der Waals surface area (Å²) in [4.78, 5) is 16.0. The van der Waals surface area contributed by atoms with Crippen molar-refractivity contribution in [3.63, 3.8) is 0 Å². The van der Waals surface area contributed by atoms with Gasteiger partial charge in [0, 0.05) is 6.20 Å². The van der Waals surface area contributed by atoms with Crippen LogP contribution in [0, 0.1) is 6.92 Å². The lowest BCUT2D eigenvalue weighted by Gasteiger charge is -2.28. The van der Waals surface area contributed by atoms with E-state index in [4.69, 9.17) is 4.74 Å². The van der Waals surface area contributed by atoms with Crippen LogP contribution in [-0.4, -0.2) is 23.6 Å². The first-order valence-electron chi connectivity index (χ1n) is 5.81. The van der Waals surface area contributed by atoms with Crippen molar-refractivity contribution >= 4 is 11.8 Å². The number of carbonyl (C=O) groups is 1. The quantitative estimate of drug-likeness (QED) is 0.798. The van der Waals surface area contributed by atoms with Crippen LogP contribution < -0.4 is 5.32 Å². The van der Waals surface area contributed by atoms with Gasteiger partial charge in [-0.05, 0) is 38.0 Å². The summed E-state index contributed by atoms with van der Waals surface area (Å²) in [6.45, 7) is 5.86. The molecule has 0 spiro atoms. The number of nitrogens with zero attached hydrogens (tertiary/aromatic N) is 1. The summed E-state index contributed by atoms with van der Waals surface area (Å²) < 4.78 is 4.84. The Morgan fingerprint density at radius 2 is 2.29 bits per heavy atom. The number of ether oxygens (including phenoxy) is 1. The average molecular weight is 236 g/mol. The van der Waals surface area contributed by atoms with Gasteiger partial charge in [0.15, 0.2) is 0 Å². The second kappa shape index (κ2) is 5.66. The van der Waals surface area contributed by atoms with Crippen LogP contribution in [0.15, 0.2) is 18.3 Å². The largest absolute Gasteiger partial charge is 0.467 e. The smallest absolute Gasteiger partial charge is 0.331 e. The van der Waals surface area contributed by atoms with Gasteiger partial charge in [0.2, 0.25) is 0 Å². The number of hydrogen-bond donors (Lipinski definition) is 1. The Labute approximate surface area is 102 Å². The topological polar surface area (TPSA) is 51.2 Å². The maximum Gasteiger partial charge on any atom is 0.331 e. The zero-order valence-corrected chi connectivity index (χ0v) is 10.9. The van der Waals surface area contributed by atoms with E-state index in [1.807, 2.05) is 32.9 Å². The Bertz CT molecular complexity index is 393. The highest BCUT2D eigenvalue weighted by molar-refractivity contribution is 5.83. The number of esters is 1. The van der Waals surface area contributed by atoms with Gasteiger partial charge < -0.3 is 10.1 Å². The van der Waals surface area contributed by atoms with Crippen LogP contribution in [-0.2, 0) is 9.53 Å². The van der Waals surface area contributed by atoms with Gasteiger partial charge >= 0.3 is 5.97 Å². The van der Waals surface area contributed by atoms with Crippen LogP contribution in [0.1, 0.15) is 32.3 Å². The van der Waals surface area contributed by atoms with E-state index in [2.05, 4.69) is 10.3 Å². The van der Waals surface area contributed by atoms with Gasteiger partial charge in [0.05, 0.1) is 7.11 Å². The molecule has 4 heteroatoms. The molecule has 4 nitrogen and oxygen atoms in total. The molecule has 0 saturated carbocycles. The predicted octanol–water partition coefficient (Wildman–Crippen LogP) is 2.53. The van der Waals surface area contributed by atoms with Gasteiger partial charge in [-0.15, -0.1) is 0 Å². The number of aromatic nitrogens is 1. The van der Waals surface area contributed by atoms with Crippen LogP contribution in [0.5, 0.6) is 0 Å². The van der Waals surface area contributed by atoms with Gasteiger partial charge in [-0.1, -0.05) is 13.3 Å². The molecular weight excluding hydrogens is 216 g/mol. The number of anilines is 1. The van der Waals surface area contributed by atoms with Crippen LogP contribution in [0.2, 0.25) is 0 Å². The predicted molar refractivity (Wildman–Crippen MR) is 67.9 cm³/mol. The maximum atomic E-state index is 11.8. The van der Waals surface area contributed by atoms with Gasteiger partial charge in [-0.2, -0.15) is 0 Å². The third kappa shape index (κ3) is 3.44. The molecule has 0 saturated heterocycles. The van der Waals surface area contributed by atoms with Crippen molar-refractivity contribution in [3.8, 4) is 0 Å². The van der Waals surface area contributed by atoms with E-state index < -0.39 is 5.54 Å². The van der Waals surface area contributed by atoms with Crippen molar-refractivity contribution in [1.82, 2.24) is 4.98 Å². The number of hydrogen-bond acceptors (Lipinski definition) is 4. The molecule has 1 aromatic rings. The summed E-state index contributed by atoms with van der Waals surface area (Å²) in [5, 5.41) is 3.16. The molecule has 1 aromatic heterocycles. The van der Waals surface area contributed by atoms with Crippen molar-refractivity contribution in [2.45, 2.75) is 39.2 Å². The van der Waals surface area contributed by atoms with Crippen molar-refractivity contribution in [3.05, 3.63) is 23.9 Å². The number of carbonyl (C=O) groups excluding carboxylic acids is 1. The Hall–Kier alpha value is -1.58. The van der Waals surface area contributed by atoms with E-state index in [0.29, 0.717) is 12.2 Å². The highest BCUT2D eigenvalue weighted by atomic mass is 16.5.